The Morgan fingerprint density at radius 2 is 1.89 bits per heavy atom. The van der Waals surface area contributed by atoms with Crippen LogP contribution in [0.2, 0.25) is 0 Å². The van der Waals surface area contributed by atoms with Crippen LogP contribution in [0.3, 0.4) is 0 Å². The standard InChI is InChI=1S/C15H25NOS/c1-13(2)16-14(8-6-7-11-17)12-18-15-9-4-3-5-10-15/h3-5,9-10,13-14,16-17H,6-8,11-12H2,1-2H3/t14-/m1/s1. The molecule has 0 amide bonds. The fraction of sp³-hybridized carbons (Fsp3) is 0.600. The molecule has 1 atom stereocenters. The van der Waals surface area contributed by atoms with Crippen LogP contribution in [0.5, 0.6) is 0 Å². The maximum absolute atomic E-state index is 8.84. The zero-order chi connectivity index (χ0) is 13.2. The van der Waals surface area contributed by atoms with Gasteiger partial charge in [0.05, 0.1) is 0 Å². The minimum atomic E-state index is 0.306. The molecule has 0 heterocycles. The van der Waals surface area contributed by atoms with E-state index >= 15 is 0 Å². The molecule has 2 N–H and O–H groups in total. The second kappa shape index (κ2) is 9.42. The second-order valence-corrected chi connectivity index (χ2v) is 5.96. The van der Waals surface area contributed by atoms with Gasteiger partial charge in [-0.2, -0.15) is 0 Å². The largest absolute Gasteiger partial charge is 0.396 e. The van der Waals surface area contributed by atoms with Crippen LogP contribution >= 0.6 is 11.8 Å². The third-order valence-electron chi connectivity index (χ3n) is 2.72. The Kier molecular flexibility index (Phi) is 8.14. The highest BCUT2D eigenvalue weighted by Gasteiger charge is 2.10. The van der Waals surface area contributed by atoms with Gasteiger partial charge in [0.15, 0.2) is 0 Å². The van der Waals surface area contributed by atoms with Gasteiger partial charge in [0.1, 0.15) is 0 Å². The van der Waals surface area contributed by atoms with Gasteiger partial charge in [0.25, 0.3) is 0 Å². The summed E-state index contributed by atoms with van der Waals surface area (Å²) in [6, 6.07) is 11.6. The first-order valence-corrected chi connectivity index (χ1v) is 7.75. The number of rotatable bonds is 9. The van der Waals surface area contributed by atoms with Gasteiger partial charge < -0.3 is 10.4 Å². The quantitative estimate of drug-likeness (QED) is 0.532. The molecule has 102 valence electrons. The molecular formula is C15H25NOS. The second-order valence-electron chi connectivity index (χ2n) is 4.86. The van der Waals surface area contributed by atoms with Crippen molar-refractivity contribution in [3.05, 3.63) is 30.3 Å². The minimum Gasteiger partial charge on any atom is -0.396 e. The van der Waals surface area contributed by atoms with Crippen molar-refractivity contribution in [3.8, 4) is 0 Å². The first-order valence-electron chi connectivity index (χ1n) is 6.77. The zero-order valence-electron chi connectivity index (χ0n) is 11.4. The van der Waals surface area contributed by atoms with E-state index in [1.165, 1.54) is 4.90 Å². The van der Waals surface area contributed by atoms with Crippen molar-refractivity contribution >= 4 is 11.8 Å². The van der Waals surface area contributed by atoms with Gasteiger partial charge in [0.2, 0.25) is 0 Å². The highest BCUT2D eigenvalue weighted by atomic mass is 32.2. The van der Waals surface area contributed by atoms with Crippen molar-refractivity contribution in [2.75, 3.05) is 12.4 Å². The summed E-state index contributed by atoms with van der Waals surface area (Å²) in [4.78, 5) is 1.33. The number of unbranched alkanes of at least 4 members (excludes halogenated alkanes) is 1. The molecule has 0 saturated carbocycles. The van der Waals surface area contributed by atoms with Crippen molar-refractivity contribution in [2.24, 2.45) is 0 Å². The Morgan fingerprint density at radius 1 is 1.17 bits per heavy atom. The van der Waals surface area contributed by atoms with Crippen molar-refractivity contribution in [1.82, 2.24) is 5.32 Å². The molecule has 0 spiro atoms. The number of nitrogens with one attached hydrogen (secondary N) is 1. The van der Waals surface area contributed by atoms with Crippen molar-refractivity contribution in [3.63, 3.8) is 0 Å². The molecule has 0 radical (unpaired) electrons. The lowest BCUT2D eigenvalue weighted by atomic mass is 10.1. The van der Waals surface area contributed by atoms with Gasteiger partial charge in [-0.05, 0) is 31.4 Å². The lowest BCUT2D eigenvalue weighted by Gasteiger charge is -2.21. The highest BCUT2D eigenvalue weighted by molar-refractivity contribution is 7.99. The van der Waals surface area contributed by atoms with Crippen LogP contribution in [0.25, 0.3) is 0 Å². The number of hydrogen-bond acceptors (Lipinski definition) is 3. The van der Waals surface area contributed by atoms with Gasteiger partial charge in [-0.3, -0.25) is 0 Å². The van der Waals surface area contributed by atoms with E-state index in [9.17, 15) is 0 Å². The molecule has 0 aliphatic heterocycles. The number of thioether (sulfide) groups is 1. The Bertz CT molecular complexity index is 303. The molecule has 0 fully saturated rings. The minimum absolute atomic E-state index is 0.306. The third kappa shape index (κ3) is 7.04. The highest BCUT2D eigenvalue weighted by Crippen LogP contribution is 2.19. The van der Waals surface area contributed by atoms with Crippen molar-refractivity contribution < 1.29 is 5.11 Å². The van der Waals surface area contributed by atoms with E-state index in [2.05, 4.69) is 49.5 Å². The van der Waals surface area contributed by atoms with E-state index in [1.807, 2.05) is 11.8 Å². The predicted octanol–water partition coefficient (Wildman–Crippen LogP) is 3.31. The average Bonchev–Trinajstić information content (AvgIpc) is 2.37. The third-order valence-corrected chi connectivity index (χ3v) is 3.90. The topological polar surface area (TPSA) is 32.3 Å². The Hall–Kier alpha value is -0.510. The van der Waals surface area contributed by atoms with Crippen LogP contribution in [-0.2, 0) is 0 Å². The van der Waals surface area contributed by atoms with E-state index in [1.54, 1.807) is 0 Å². The van der Waals surface area contributed by atoms with E-state index in [-0.39, 0.29) is 0 Å². The first kappa shape index (κ1) is 15.5. The van der Waals surface area contributed by atoms with Crippen molar-refractivity contribution in [1.29, 1.82) is 0 Å². The number of aliphatic hydroxyl groups excluding tert-OH is 1. The van der Waals surface area contributed by atoms with Gasteiger partial charge >= 0.3 is 0 Å². The SMILES string of the molecule is CC(C)N[C@H](CCCCO)CSc1ccccc1. The van der Waals surface area contributed by atoms with E-state index in [4.69, 9.17) is 5.11 Å². The monoisotopic (exact) mass is 267 g/mol. The Labute approximate surface area is 115 Å². The molecule has 18 heavy (non-hydrogen) atoms. The molecule has 0 aliphatic rings. The number of aliphatic hydroxyl groups is 1. The molecule has 0 saturated heterocycles. The molecule has 1 rings (SSSR count). The predicted molar refractivity (Wildman–Crippen MR) is 80.2 cm³/mol. The summed E-state index contributed by atoms with van der Waals surface area (Å²) in [5.41, 5.74) is 0. The summed E-state index contributed by atoms with van der Waals surface area (Å²) in [6.45, 7) is 4.68. The molecule has 2 nitrogen and oxygen atoms in total. The van der Waals surface area contributed by atoms with Gasteiger partial charge in [-0.15, -0.1) is 11.8 Å². The van der Waals surface area contributed by atoms with Crippen molar-refractivity contribution in [2.45, 2.75) is 50.1 Å². The van der Waals surface area contributed by atoms with Crippen LogP contribution in [0.1, 0.15) is 33.1 Å². The van der Waals surface area contributed by atoms with Crippen LogP contribution < -0.4 is 5.32 Å². The fourth-order valence-corrected chi connectivity index (χ4v) is 2.91. The number of benzene rings is 1. The summed E-state index contributed by atoms with van der Waals surface area (Å²) in [5.74, 6) is 1.09. The molecule has 1 aromatic carbocycles. The maximum Gasteiger partial charge on any atom is 0.0431 e. The fourth-order valence-electron chi connectivity index (χ4n) is 1.90. The lowest BCUT2D eigenvalue weighted by Crippen LogP contribution is -2.36. The van der Waals surface area contributed by atoms with E-state index in [0.29, 0.717) is 18.7 Å². The lowest BCUT2D eigenvalue weighted by molar-refractivity contribution is 0.279. The summed E-state index contributed by atoms with van der Waals surface area (Å²) >= 11 is 1.90. The van der Waals surface area contributed by atoms with E-state index < -0.39 is 0 Å². The normalized spacial score (nSPS) is 12.9. The summed E-state index contributed by atoms with van der Waals surface area (Å²) in [6.07, 6.45) is 3.14. The molecule has 0 unspecified atom stereocenters. The Balaban J connectivity index is 2.35. The molecule has 0 aromatic heterocycles. The first-order chi connectivity index (χ1) is 8.72. The summed E-state index contributed by atoms with van der Waals surface area (Å²) in [7, 11) is 0. The van der Waals surface area contributed by atoms with Gasteiger partial charge in [-0.1, -0.05) is 32.0 Å². The zero-order valence-corrected chi connectivity index (χ0v) is 12.2. The smallest absolute Gasteiger partial charge is 0.0431 e. The van der Waals surface area contributed by atoms with Gasteiger partial charge in [0, 0.05) is 29.3 Å². The molecule has 3 heteroatoms. The van der Waals surface area contributed by atoms with Crippen LogP contribution in [0.4, 0.5) is 0 Å². The van der Waals surface area contributed by atoms with Gasteiger partial charge in [-0.25, -0.2) is 0 Å². The van der Waals surface area contributed by atoms with Crippen LogP contribution in [0, 0.1) is 0 Å². The number of hydrogen-bond donors (Lipinski definition) is 2. The molecule has 1 aromatic rings. The summed E-state index contributed by atoms with van der Waals surface area (Å²) < 4.78 is 0. The molecular weight excluding hydrogens is 242 g/mol. The molecule has 0 aliphatic carbocycles. The average molecular weight is 267 g/mol. The molecule has 0 bridgehead atoms. The van der Waals surface area contributed by atoms with Crippen LogP contribution in [-0.4, -0.2) is 29.5 Å². The Morgan fingerprint density at radius 3 is 2.50 bits per heavy atom. The van der Waals surface area contributed by atoms with E-state index in [0.717, 1.165) is 25.0 Å². The summed E-state index contributed by atoms with van der Waals surface area (Å²) in [5, 5.41) is 12.4. The maximum atomic E-state index is 8.84. The van der Waals surface area contributed by atoms with Crippen LogP contribution in [0.15, 0.2) is 35.2 Å².